The summed E-state index contributed by atoms with van der Waals surface area (Å²) in [5.74, 6) is -0.292. The van der Waals surface area contributed by atoms with Crippen LogP contribution in [0.1, 0.15) is 21.5 Å². The fourth-order valence-electron chi connectivity index (χ4n) is 3.21. The number of thioether (sulfide) groups is 1. The minimum atomic E-state index is -0.497. The highest BCUT2D eigenvalue weighted by atomic mass is 32.2. The van der Waals surface area contributed by atoms with Gasteiger partial charge in [0.25, 0.3) is 11.1 Å². The first-order valence-electron chi connectivity index (χ1n) is 9.76. The van der Waals surface area contributed by atoms with Crippen molar-refractivity contribution in [3.8, 4) is 11.5 Å². The number of nitrogens with zero attached hydrogens (tertiary/aromatic N) is 1. The number of ether oxygens (including phenoxy) is 2. The number of para-hydroxylation sites is 1. The highest BCUT2D eigenvalue weighted by molar-refractivity contribution is 8.19. The summed E-state index contributed by atoms with van der Waals surface area (Å²) in [7, 11) is 1.46. The van der Waals surface area contributed by atoms with E-state index in [1.165, 1.54) is 7.11 Å². The van der Waals surface area contributed by atoms with Gasteiger partial charge in [-0.15, -0.1) is 0 Å². The van der Waals surface area contributed by atoms with Crippen LogP contribution in [0.2, 0.25) is 0 Å². The van der Waals surface area contributed by atoms with E-state index in [2.05, 4.69) is 0 Å². The Morgan fingerprint density at radius 1 is 0.938 bits per heavy atom. The molecule has 6 nitrogen and oxygen atoms in total. The van der Waals surface area contributed by atoms with Gasteiger partial charge < -0.3 is 9.47 Å². The van der Waals surface area contributed by atoms with Crippen LogP contribution < -0.4 is 14.4 Å². The zero-order chi connectivity index (χ0) is 22.7. The predicted octanol–water partition coefficient (Wildman–Crippen LogP) is 5.46. The molecule has 0 aromatic heterocycles. The third kappa shape index (κ3) is 4.43. The zero-order valence-electron chi connectivity index (χ0n) is 17.4. The second-order valence-corrected chi connectivity index (χ2v) is 8.02. The SMILES string of the molecule is COc1cc(/C=C2\SC(=O)N(c3ccccc3)C2=O)ccc1OC(=O)c1cccc(C)c1. The first-order chi connectivity index (χ1) is 15.5. The molecule has 4 rings (SSSR count). The van der Waals surface area contributed by atoms with Gasteiger partial charge in [0, 0.05) is 0 Å². The molecule has 160 valence electrons. The number of carbonyl (C=O) groups is 3. The van der Waals surface area contributed by atoms with Crippen LogP contribution in [-0.4, -0.2) is 24.2 Å². The molecule has 1 heterocycles. The summed E-state index contributed by atoms with van der Waals surface area (Å²) in [6, 6.07) is 20.8. The van der Waals surface area contributed by atoms with Gasteiger partial charge in [-0.05, 0) is 66.7 Å². The molecular formula is C25H19NO5S. The molecule has 0 aliphatic carbocycles. The van der Waals surface area contributed by atoms with E-state index in [1.807, 2.05) is 19.1 Å². The molecule has 1 saturated heterocycles. The first kappa shape index (κ1) is 21.4. The summed E-state index contributed by atoms with van der Waals surface area (Å²) >= 11 is 0.871. The van der Waals surface area contributed by atoms with E-state index in [1.54, 1.807) is 66.7 Å². The highest BCUT2D eigenvalue weighted by Gasteiger charge is 2.36. The van der Waals surface area contributed by atoms with Crippen molar-refractivity contribution in [2.45, 2.75) is 6.92 Å². The van der Waals surface area contributed by atoms with Gasteiger partial charge in [-0.3, -0.25) is 9.59 Å². The quantitative estimate of drug-likeness (QED) is 0.295. The molecular weight excluding hydrogens is 426 g/mol. The molecule has 1 aliphatic heterocycles. The van der Waals surface area contributed by atoms with E-state index in [-0.39, 0.29) is 16.9 Å². The van der Waals surface area contributed by atoms with Gasteiger partial charge >= 0.3 is 5.97 Å². The van der Waals surface area contributed by atoms with E-state index >= 15 is 0 Å². The maximum atomic E-state index is 12.8. The lowest BCUT2D eigenvalue weighted by atomic mass is 10.1. The van der Waals surface area contributed by atoms with E-state index in [0.29, 0.717) is 27.5 Å². The monoisotopic (exact) mass is 445 g/mol. The number of imide groups is 1. The summed E-state index contributed by atoms with van der Waals surface area (Å²) in [5.41, 5.74) is 2.54. The number of amides is 2. The number of anilines is 1. The number of benzene rings is 3. The van der Waals surface area contributed by atoms with Crippen LogP contribution in [0.3, 0.4) is 0 Å². The number of hydrogen-bond donors (Lipinski definition) is 0. The molecule has 2 amide bonds. The minimum Gasteiger partial charge on any atom is -0.493 e. The van der Waals surface area contributed by atoms with Crippen molar-refractivity contribution in [1.82, 2.24) is 0 Å². The Labute approximate surface area is 189 Å². The Bertz CT molecular complexity index is 1240. The average molecular weight is 445 g/mol. The summed E-state index contributed by atoms with van der Waals surface area (Å²) in [6.45, 7) is 1.89. The summed E-state index contributed by atoms with van der Waals surface area (Å²) in [5, 5.41) is -0.358. The van der Waals surface area contributed by atoms with Crippen LogP contribution in [0, 0.1) is 6.92 Å². The first-order valence-corrected chi connectivity index (χ1v) is 10.6. The van der Waals surface area contributed by atoms with Gasteiger partial charge in [0.15, 0.2) is 11.5 Å². The molecule has 0 unspecified atom stereocenters. The van der Waals surface area contributed by atoms with Crippen molar-refractivity contribution in [2.75, 3.05) is 12.0 Å². The van der Waals surface area contributed by atoms with E-state index in [9.17, 15) is 14.4 Å². The number of hydrogen-bond acceptors (Lipinski definition) is 6. The summed E-state index contributed by atoms with van der Waals surface area (Å²) < 4.78 is 10.9. The Balaban J connectivity index is 1.56. The van der Waals surface area contributed by atoms with Crippen LogP contribution in [0.25, 0.3) is 6.08 Å². The number of aryl methyl sites for hydroxylation is 1. The molecule has 7 heteroatoms. The van der Waals surface area contributed by atoms with Crippen molar-refractivity contribution in [2.24, 2.45) is 0 Å². The Hall–Kier alpha value is -3.84. The molecule has 0 radical (unpaired) electrons. The molecule has 0 bridgehead atoms. The van der Waals surface area contributed by atoms with E-state index < -0.39 is 5.97 Å². The van der Waals surface area contributed by atoms with Gasteiger partial charge in [-0.2, -0.15) is 0 Å². The van der Waals surface area contributed by atoms with Gasteiger partial charge in [-0.1, -0.05) is 42.0 Å². The number of esters is 1. The third-order valence-electron chi connectivity index (χ3n) is 4.75. The lowest BCUT2D eigenvalue weighted by Crippen LogP contribution is -2.27. The van der Waals surface area contributed by atoms with E-state index in [0.717, 1.165) is 22.2 Å². The summed E-state index contributed by atoms with van der Waals surface area (Å²) in [4.78, 5) is 39.1. The van der Waals surface area contributed by atoms with Crippen LogP contribution in [0.5, 0.6) is 11.5 Å². The molecule has 3 aromatic carbocycles. The van der Waals surface area contributed by atoms with Gasteiger partial charge in [0.05, 0.1) is 23.3 Å². The molecule has 0 atom stereocenters. The van der Waals surface area contributed by atoms with Crippen molar-refractivity contribution < 1.29 is 23.9 Å². The third-order valence-corrected chi connectivity index (χ3v) is 5.62. The maximum absolute atomic E-state index is 12.8. The Morgan fingerprint density at radius 2 is 1.72 bits per heavy atom. The molecule has 0 spiro atoms. The smallest absolute Gasteiger partial charge is 0.343 e. The van der Waals surface area contributed by atoms with Crippen LogP contribution in [0.15, 0.2) is 77.7 Å². The van der Waals surface area contributed by atoms with Crippen molar-refractivity contribution in [3.05, 3.63) is 94.4 Å². The second-order valence-electron chi connectivity index (χ2n) is 7.02. The molecule has 0 saturated carbocycles. The molecule has 3 aromatic rings. The minimum absolute atomic E-state index is 0.258. The predicted molar refractivity (Wildman–Crippen MR) is 124 cm³/mol. The summed E-state index contributed by atoms with van der Waals surface area (Å²) in [6.07, 6.45) is 1.61. The van der Waals surface area contributed by atoms with Crippen LogP contribution in [-0.2, 0) is 4.79 Å². The molecule has 32 heavy (non-hydrogen) atoms. The average Bonchev–Trinajstić information content (AvgIpc) is 3.07. The van der Waals surface area contributed by atoms with Crippen LogP contribution in [0.4, 0.5) is 10.5 Å². The van der Waals surface area contributed by atoms with E-state index in [4.69, 9.17) is 9.47 Å². The lowest BCUT2D eigenvalue weighted by Gasteiger charge is -2.12. The van der Waals surface area contributed by atoms with Crippen molar-refractivity contribution in [3.63, 3.8) is 0 Å². The normalized spacial score (nSPS) is 14.7. The lowest BCUT2D eigenvalue weighted by molar-refractivity contribution is -0.113. The standard InChI is InChI=1S/C25H19NO5S/c1-16-7-6-8-18(13-16)24(28)31-20-12-11-17(14-21(20)30-2)15-22-23(27)26(25(29)32-22)19-9-4-3-5-10-19/h3-15H,1-2H3/b22-15-. The fraction of sp³-hybridized carbons (Fsp3) is 0.0800. The zero-order valence-corrected chi connectivity index (χ0v) is 18.2. The van der Waals surface area contributed by atoms with Gasteiger partial charge in [0.2, 0.25) is 0 Å². The number of carbonyl (C=O) groups excluding carboxylic acids is 3. The van der Waals surface area contributed by atoms with Crippen molar-refractivity contribution >= 4 is 40.6 Å². The molecule has 0 N–H and O–H groups in total. The highest BCUT2D eigenvalue weighted by Crippen LogP contribution is 2.37. The van der Waals surface area contributed by atoms with Gasteiger partial charge in [-0.25, -0.2) is 9.69 Å². The largest absolute Gasteiger partial charge is 0.493 e. The molecule has 1 fully saturated rings. The number of rotatable bonds is 5. The number of methoxy groups -OCH3 is 1. The second kappa shape index (κ2) is 9.11. The van der Waals surface area contributed by atoms with Gasteiger partial charge in [0.1, 0.15) is 0 Å². The Morgan fingerprint density at radius 3 is 2.44 bits per heavy atom. The van der Waals surface area contributed by atoms with Crippen molar-refractivity contribution in [1.29, 1.82) is 0 Å². The maximum Gasteiger partial charge on any atom is 0.343 e. The topological polar surface area (TPSA) is 72.9 Å². The fourth-order valence-corrected chi connectivity index (χ4v) is 4.05. The van der Waals surface area contributed by atoms with Crippen LogP contribution >= 0.6 is 11.8 Å². The Kier molecular flexibility index (Phi) is 6.09. The molecule has 1 aliphatic rings.